The molecule has 0 fully saturated rings. The highest BCUT2D eigenvalue weighted by molar-refractivity contribution is 14.1. The van der Waals surface area contributed by atoms with Crippen molar-refractivity contribution < 1.29 is 0 Å². The number of para-hydroxylation sites is 1. The molecule has 0 saturated carbocycles. The number of fused-ring (bicyclic) bond motifs is 1. The predicted molar refractivity (Wildman–Crippen MR) is 79.6 cm³/mol. The van der Waals surface area contributed by atoms with E-state index in [1.807, 2.05) is 23.7 Å². The number of aromatic nitrogens is 2. The highest BCUT2D eigenvalue weighted by Gasteiger charge is 2.03. The van der Waals surface area contributed by atoms with E-state index in [2.05, 4.69) is 55.6 Å². The van der Waals surface area contributed by atoms with Crippen molar-refractivity contribution in [3.8, 4) is 0 Å². The Hall–Kier alpha value is -1.08. The molecule has 0 radical (unpaired) electrons. The van der Waals surface area contributed by atoms with Crippen molar-refractivity contribution in [3.63, 3.8) is 0 Å². The third-order valence-corrected chi connectivity index (χ3v) is 4.19. The smallest absolute Gasteiger partial charge is 0.193 e. The summed E-state index contributed by atoms with van der Waals surface area (Å²) in [7, 11) is 0. The molecule has 3 aromatic rings. The molecule has 2 aromatic heterocycles. The number of rotatable bonds is 3. The van der Waals surface area contributed by atoms with Crippen LogP contribution in [0.25, 0.3) is 4.96 Å². The van der Waals surface area contributed by atoms with Crippen LogP contribution in [0.5, 0.6) is 0 Å². The van der Waals surface area contributed by atoms with E-state index in [9.17, 15) is 0 Å². The number of hydrogen-bond donors (Lipinski definition) is 1. The first-order valence-corrected chi connectivity index (χ1v) is 7.18. The van der Waals surface area contributed by atoms with Crippen molar-refractivity contribution in [3.05, 3.63) is 51.3 Å². The van der Waals surface area contributed by atoms with Crippen LogP contribution in [0.4, 0.5) is 5.69 Å². The quantitative estimate of drug-likeness (QED) is 0.728. The largest absolute Gasteiger partial charge is 0.378 e. The van der Waals surface area contributed by atoms with Crippen LogP contribution in [0, 0.1) is 3.57 Å². The van der Waals surface area contributed by atoms with E-state index in [-0.39, 0.29) is 0 Å². The second-order valence-electron chi connectivity index (χ2n) is 3.66. The molecule has 3 nitrogen and oxygen atoms in total. The zero-order valence-corrected chi connectivity index (χ0v) is 11.9. The zero-order valence-electron chi connectivity index (χ0n) is 8.93. The Kier molecular flexibility index (Phi) is 3.02. The van der Waals surface area contributed by atoms with Crippen molar-refractivity contribution in [1.82, 2.24) is 9.38 Å². The van der Waals surface area contributed by atoms with Gasteiger partial charge in [0.1, 0.15) is 0 Å². The van der Waals surface area contributed by atoms with Crippen LogP contribution < -0.4 is 5.32 Å². The van der Waals surface area contributed by atoms with E-state index < -0.39 is 0 Å². The first-order chi connectivity index (χ1) is 8.33. The average Bonchev–Trinajstić information content (AvgIpc) is 2.88. The van der Waals surface area contributed by atoms with Gasteiger partial charge < -0.3 is 5.32 Å². The Morgan fingerprint density at radius 2 is 2.24 bits per heavy atom. The minimum Gasteiger partial charge on any atom is -0.378 e. The molecule has 0 atom stereocenters. The SMILES string of the molecule is Ic1ccccc1NCc1cn2ccsc2n1. The molecule has 5 heteroatoms. The third kappa shape index (κ3) is 2.30. The lowest BCUT2D eigenvalue weighted by atomic mass is 10.3. The van der Waals surface area contributed by atoms with E-state index in [0.717, 1.165) is 22.9 Å². The average molecular weight is 355 g/mol. The van der Waals surface area contributed by atoms with Gasteiger partial charge in [-0.05, 0) is 34.7 Å². The summed E-state index contributed by atoms with van der Waals surface area (Å²) >= 11 is 3.99. The molecule has 1 N–H and O–H groups in total. The van der Waals surface area contributed by atoms with Crippen molar-refractivity contribution >= 4 is 44.6 Å². The number of benzene rings is 1. The molecule has 0 bridgehead atoms. The summed E-state index contributed by atoms with van der Waals surface area (Å²) in [5.74, 6) is 0. The van der Waals surface area contributed by atoms with Gasteiger partial charge in [-0.15, -0.1) is 11.3 Å². The van der Waals surface area contributed by atoms with Gasteiger partial charge in [0.25, 0.3) is 0 Å². The molecule has 3 rings (SSSR count). The Labute approximate surface area is 117 Å². The summed E-state index contributed by atoms with van der Waals surface area (Å²) in [5.41, 5.74) is 2.22. The molecular formula is C12H10IN3S. The maximum Gasteiger partial charge on any atom is 0.193 e. The fourth-order valence-electron chi connectivity index (χ4n) is 1.65. The predicted octanol–water partition coefficient (Wildman–Crippen LogP) is 3.61. The van der Waals surface area contributed by atoms with E-state index in [4.69, 9.17) is 0 Å². The van der Waals surface area contributed by atoms with Crippen LogP contribution in [-0.2, 0) is 6.54 Å². The van der Waals surface area contributed by atoms with Gasteiger partial charge in [0.05, 0.1) is 12.2 Å². The molecule has 0 aliphatic heterocycles. The van der Waals surface area contributed by atoms with Gasteiger partial charge in [-0.25, -0.2) is 4.98 Å². The lowest BCUT2D eigenvalue weighted by Crippen LogP contribution is -2.00. The number of nitrogens with one attached hydrogen (secondary N) is 1. The topological polar surface area (TPSA) is 29.3 Å². The molecule has 17 heavy (non-hydrogen) atoms. The number of imidazole rings is 1. The standard InChI is InChI=1S/C12H10IN3S/c13-10-3-1-2-4-11(10)14-7-9-8-16-5-6-17-12(16)15-9/h1-6,8,14H,7H2. The Bertz CT molecular complexity index is 615. The van der Waals surface area contributed by atoms with Crippen LogP contribution >= 0.6 is 33.9 Å². The number of nitrogens with zero attached hydrogens (tertiary/aromatic N) is 2. The molecule has 0 saturated heterocycles. The van der Waals surface area contributed by atoms with E-state index in [0.29, 0.717) is 0 Å². The van der Waals surface area contributed by atoms with Gasteiger partial charge in [0.2, 0.25) is 0 Å². The Morgan fingerprint density at radius 3 is 3.06 bits per heavy atom. The van der Waals surface area contributed by atoms with Crippen LogP contribution in [0.2, 0.25) is 0 Å². The normalized spacial score (nSPS) is 10.9. The maximum atomic E-state index is 4.53. The summed E-state index contributed by atoms with van der Waals surface area (Å²) in [5, 5.41) is 5.44. The van der Waals surface area contributed by atoms with Gasteiger partial charge in [-0.1, -0.05) is 12.1 Å². The first-order valence-electron chi connectivity index (χ1n) is 5.22. The summed E-state index contributed by atoms with van der Waals surface area (Å²) in [6, 6.07) is 8.25. The van der Waals surface area contributed by atoms with Crippen LogP contribution in [-0.4, -0.2) is 9.38 Å². The molecule has 0 amide bonds. The minimum atomic E-state index is 0.758. The second-order valence-corrected chi connectivity index (χ2v) is 5.69. The van der Waals surface area contributed by atoms with E-state index in [1.54, 1.807) is 11.3 Å². The molecule has 2 heterocycles. The van der Waals surface area contributed by atoms with Crippen molar-refractivity contribution in [2.75, 3.05) is 5.32 Å². The maximum absolute atomic E-state index is 4.53. The fraction of sp³-hybridized carbons (Fsp3) is 0.0833. The lowest BCUT2D eigenvalue weighted by Gasteiger charge is -2.05. The van der Waals surface area contributed by atoms with Gasteiger partial charge >= 0.3 is 0 Å². The molecule has 1 aromatic carbocycles. The summed E-state index contributed by atoms with van der Waals surface area (Å²) < 4.78 is 3.28. The summed E-state index contributed by atoms with van der Waals surface area (Å²) in [6.07, 6.45) is 4.09. The monoisotopic (exact) mass is 355 g/mol. The fourth-order valence-corrected chi connectivity index (χ4v) is 2.95. The van der Waals surface area contributed by atoms with Crippen molar-refractivity contribution in [1.29, 1.82) is 0 Å². The molecule has 0 spiro atoms. The molecule has 0 aliphatic carbocycles. The summed E-state index contributed by atoms with van der Waals surface area (Å²) in [6.45, 7) is 0.758. The number of halogens is 1. The van der Waals surface area contributed by atoms with Crippen molar-refractivity contribution in [2.24, 2.45) is 0 Å². The number of thiazole rings is 1. The first kappa shape index (κ1) is 11.0. The Balaban J connectivity index is 1.76. The number of hydrogen-bond acceptors (Lipinski definition) is 3. The van der Waals surface area contributed by atoms with Gasteiger partial charge in [-0.3, -0.25) is 4.40 Å². The lowest BCUT2D eigenvalue weighted by molar-refractivity contribution is 1.08. The summed E-state index contributed by atoms with van der Waals surface area (Å²) in [4.78, 5) is 5.58. The van der Waals surface area contributed by atoms with E-state index >= 15 is 0 Å². The molecule has 0 unspecified atom stereocenters. The third-order valence-electron chi connectivity index (χ3n) is 2.48. The van der Waals surface area contributed by atoms with Crippen LogP contribution in [0.15, 0.2) is 42.0 Å². The van der Waals surface area contributed by atoms with Gasteiger partial charge in [0.15, 0.2) is 4.96 Å². The van der Waals surface area contributed by atoms with Gasteiger partial charge in [0, 0.05) is 27.0 Å². The van der Waals surface area contributed by atoms with E-state index in [1.165, 1.54) is 3.57 Å². The molecular weight excluding hydrogens is 345 g/mol. The van der Waals surface area contributed by atoms with Gasteiger partial charge in [-0.2, -0.15) is 0 Å². The van der Waals surface area contributed by atoms with Crippen molar-refractivity contribution in [2.45, 2.75) is 6.54 Å². The Morgan fingerprint density at radius 1 is 1.35 bits per heavy atom. The molecule has 86 valence electrons. The van der Waals surface area contributed by atoms with Crippen LogP contribution in [0.1, 0.15) is 5.69 Å². The zero-order chi connectivity index (χ0) is 11.7. The highest BCUT2D eigenvalue weighted by Crippen LogP contribution is 2.18. The number of anilines is 1. The van der Waals surface area contributed by atoms with Crippen LogP contribution in [0.3, 0.4) is 0 Å². The second kappa shape index (κ2) is 4.66. The minimum absolute atomic E-state index is 0.758. The highest BCUT2D eigenvalue weighted by atomic mass is 127. The molecule has 0 aliphatic rings.